The van der Waals surface area contributed by atoms with Gasteiger partial charge in [-0.2, -0.15) is 10.2 Å². The van der Waals surface area contributed by atoms with Crippen LogP contribution in [-0.2, 0) is 13.1 Å². The Bertz CT molecular complexity index is 947. The van der Waals surface area contributed by atoms with Gasteiger partial charge >= 0.3 is 0 Å². The van der Waals surface area contributed by atoms with Crippen molar-refractivity contribution < 1.29 is 4.79 Å². The highest BCUT2D eigenvalue weighted by Crippen LogP contribution is 2.23. The highest BCUT2D eigenvalue weighted by molar-refractivity contribution is 6.33. The minimum absolute atomic E-state index is 0.223. The third-order valence-corrected chi connectivity index (χ3v) is 4.94. The number of halogens is 2. The minimum atomic E-state index is -0.223. The van der Waals surface area contributed by atoms with Gasteiger partial charge in [0.1, 0.15) is 5.15 Å². The minimum Gasteiger partial charge on any atom is -0.352 e. The molecule has 0 unspecified atom stereocenters. The molecule has 0 aliphatic heterocycles. The van der Waals surface area contributed by atoms with Crippen LogP contribution in [0.25, 0.3) is 0 Å². The molecule has 8 heteroatoms. The van der Waals surface area contributed by atoms with Crippen molar-refractivity contribution in [3.8, 4) is 0 Å². The number of aryl methyl sites for hydroxylation is 3. The lowest BCUT2D eigenvalue weighted by Crippen LogP contribution is -2.26. The van der Waals surface area contributed by atoms with Gasteiger partial charge in [-0.3, -0.25) is 9.48 Å². The highest BCUT2D eigenvalue weighted by atomic mass is 35.5. The van der Waals surface area contributed by atoms with Crippen molar-refractivity contribution in [2.45, 2.75) is 33.4 Å². The average molecular weight is 406 g/mol. The molecule has 0 atom stereocenters. The third-order valence-electron chi connectivity index (χ3n) is 4.18. The van der Waals surface area contributed by atoms with Crippen molar-refractivity contribution in [3.63, 3.8) is 0 Å². The summed E-state index contributed by atoms with van der Waals surface area (Å²) in [5.74, 6) is -0.223. The van der Waals surface area contributed by atoms with E-state index in [4.69, 9.17) is 23.2 Å². The van der Waals surface area contributed by atoms with Crippen molar-refractivity contribution in [3.05, 3.63) is 69.2 Å². The zero-order valence-electron chi connectivity index (χ0n) is 15.2. The Kier molecular flexibility index (Phi) is 6.19. The highest BCUT2D eigenvalue weighted by Gasteiger charge is 2.20. The van der Waals surface area contributed by atoms with Crippen molar-refractivity contribution in [2.24, 2.45) is 0 Å². The summed E-state index contributed by atoms with van der Waals surface area (Å²) in [4.78, 5) is 12.5. The van der Waals surface area contributed by atoms with Crippen molar-refractivity contribution in [1.82, 2.24) is 24.9 Å². The van der Waals surface area contributed by atoms with Gasteiger partial charge in [0.05, 0.1) is 24.0 Å². The topological polar surface area (TPSA) is 64.7 Å². The summed E-state index contributed by atoms with van der Waals surface area (Å²) in [5.41, 5.74) is 3.00. The quantitative estimate of drug-likeness (QED) is 0.606. The number of hydrogen-bond acceptors (Lipinski definition) is 3. The molecule has 1 N–H and O–H groups in total. The molecular formula is C19H21Cl2N5O. The number of carbonyl (C=O) groups excluding carboxylic acids is 1. The molecule has 1 amide bonds. The van der Waals surface area contributed by atoms with Crippen LogP contribution in [0.5, 0.6) is 0 Å². The van der Waals surface area contributed by atoms with Crippen LogP contribution in [0.15, 0.2) is 36.7 Å². The first kappa shape index (κ1) is 19.5. The summed E-state index contributed by atoms with van der Waals surface area (Å²) in [5, 5.41) is 12.5. The van der Waals surface area contributed by atoms with Crippen molar-refractivity contribution >= 4 is 29.1 Å². The SMILES string of the molecule is Cc1cnn(CCCNC(=O)c2c(C)nn(Cc3ccccc3Cl)c2Cl)c1. The molecular weight excluding hydrogens is 385 g/mol. The van der Waals surface area contributed by atoms with Gasteiger partial charge in [-0.25, -0.2) is 4.68 Å². The van der Waals surface area contributed by atoms with E-state index in [2.05, 4.69) is 15.5 Å². The van der Waals surface area contributed by atoms with Crippen LogP contribution in [0, 0.1) is 13.8 Å². The van der Waals surface area contributed by atoms with Gasteiger partial charge in [0.25, 0.3) is 5.91 Å². The van der Waals surface area contributed by atoms with Crippen LogP contribution in [-0.4, -0.2) is 32.0 Å². The number of nitrogens with zero attached hydrogens (tertiary/aromatic N) is 4. The van der Waals surface area contributed by atoms with E-state index in [1.54, 1.807) is 11.6 Å². The maximum absolute atomic E-state index is 12.5. The summed E-state index contributed by atoms with van der Waals surface area (Å²) in [7, 11) is 0. The Hall–Kier alpha value is -2.31. The molecule has 3 aromatic rings. The lowest BCUT2D eigenvalue weighted by Gasteiger charge is -2.07. The van der Waals surface area contributed by atoms with Crippen LogP contribution in [0.3, 0.4) is 0 Å². The molecule has 0 radical (unpaired) electrons. The Morgan fingerprint density at radius 1 is 1.22 bits per heavy atom. The predicted molar refractivity (Wildman–Crippen MR) is 106 cm³/mol. The predicted octanol–water partition coefficient (Wildman–Crippen LogP) is 3.87. The fourth-order valence-corrected chi connectivity index (χ4v) is 3.34. The summed E-state index contributed by atoms with van der Waals surface area (Å²) in [6.07, 6.45) is 4.56. The molecule has 3 rings (SSSR count). The van der Waals surface area contributed by atoms with Crippen LogP contribution in [0.4, 0.5) is 0 Å². The first-order valence-electron chi connectivity index (χ1n) is 8.69. The largest absolute Gasteiger partial charge is 0.352 e. The summed E-state index contributed by atoms with van der Waals surface area (Å²) in [6.45, 7) is 5.45. The molecule has 1 aromatic carbocycles. The molecule has 2 heterocycles. The molecule has 2 aromatic heterocycles. The normalized spacial score (nSPS) is 11.0. The summed E-state index contributed by atoms with van der Waals surface area (Å²) < 4.78 is 3.46. The van der Waals surface area contributed by atoms with Gasteiger partial charge < -0.3 is 5.32 Å². The van der Waals surface area contributed by atoms with Gasteiger partial charge in [-0.1, -0.05) is 41.4 Å². The standard InChI is InChI=1S/C19H21Cl2N5O/c1-13-10-23-25(11-13)9-5-8-22-19(27)17-14(2)24-26(18(17)21)12-15-6-3-4-7-16(15)20/h3-4,6-7,10-11H,5,8-9,12H2,1-2H3,(H,22,27). The van der Waals surface area contributed by atoms with Gasteiger partial charge in [0, 0.05) is 24.3 Å². The van der Waals surface area contributed by atoms with Gasteiger partial charge in [-0.05, 0) is 37.5 Å². The number of hydrogen-bond donors (Lipinski definition) is 1. The van der Waals surface area contributed by atoms with E-state index in [9.17, 15) is 4.79 Å². The van der Waals surface area contributed by atoms with E-state index >= 15 is 0 Å². The lowest BCUT2D eigenvalue weighted by atomic mass is 10.2. The average Bonchev–Trinajstić information content (AvgIpc) is 3.16. The van der Waals surface area contributed by atoms with Crippen molar-refractivity contribution in [1.29, 1.82) is 0 Å². The molecule has 0 saturated carbocycles. The number of aromatic nitrogens is 4. The zero-order chi connectivity index (χ0) is 19.4. The Morgan fingerprint density at radius 3 is 2.70 bits per heavy atom. The van der Waals surface area contributed by atoms with Gasteiger partial charge in [0.15, 0.2) is 0 Å². The molecule has 0 fully saturated rings. The number of rotatable bonds is 7. The zero-order valence-corrected chi connectivity index (χ0v) is 16.8. The van der Waals surface area contributed by atoms with Gasteiger partial charge in [-0.15, -0.1) is 0 Å². The molecule has 0 bridgehead atoms. The number of benzene rings is 1. The van der Waals surface area contributed by atoms with Crippen molar-refractivity contribution in [2.75, 3.05) is 6.54 Å². The van der Waals surface area contributed by atoms with E-state index in [-0.39, 0.29) is 5.91 Å². The molecule has 27 heavy (non-hydrogen) atoms. The van der Waals surface area contributed by atoms with E-state index in [1.165, 1.54) is 0 Å². The monoisotopic (exact) mass is 405 g/mol. The number of nitrogens with one attached hydrogen (secondary N) is 1. The Balaban J connectivity index is 1.61. The molecule has 6 nitrogen and oxygen atoms in total. The fourth-order valence-electron chi connectivity index (χ4n) is 2.82. The number of carbonyl (C=O) groups is 1. The van der Waals surface area contributed by atoms with E-state index in [1.807, 2.05) is 48.3 Å². The smallest absolute Gasteiger partial charge is 0.256 e. The second-order valence-corrected chi connectivity index (χ2v) is 7.16. The first-order valence-corrected chi connectivity index (χ1v) is 9.45. The molecule has 142 valence electrons. The van der Waals surface area contributed by atoms with Crippen LogP contribution in [0.1, 0.15) is 33.6 Å². The second kappa shape index (κ2) is 8.59. The molecule has 0 spiro atoms. The summed E-state index contributed by atoms with van der Waals surface area (Å²) >= 11 is 12.6. The molecule has 0 aliphatic carbocycles. The maximum atomic E-state index is 12.5. The van der Waals surface area contributed by atoms with Gasteiger partial charge in [0.2, 0.25) is 0 Å². The summed E-state index contributed by atoms with van der Waals surface area (Å²) in [6, 6.07) is 7.49. The Labute approximate surface area is 168 Å². The molecule has 0 aliphatic rings. The lowest BCUT2D eigenvalue weighted by molar-refractivity contribution is 0.0952. The second-order valence-electron chi connectivity index (χ2n) is 6.39. The van der Waals surface area contributed by atoms with Crippen LogP contribution < -0.4 is 5.32 Å². The fraction of sp³-hybridized carbons (Fsp3) is 0.316. The van der Waals surface area contributed by atoms with E-state index in [0.717, 1.165) is 24.1 Å². The van der Waals surface area contributed by atoms with E-state index < -0.39 is 0 Å². The maximum Gasteiger partial charge on any atom is 0.256 e. The molecule has 0 saturated heterocycles. The first-order chi connectivity index (χ1) is 13.0. The Morgan fingerprint density at radius 2 is 2.00 bits per heavy atom. The third kappa shape index (κ3) is 4.70. The van der Waals surface area contributed by atoms with Crippen LogP contribution >= 0.6 is 23.2 Å². The number of amides is 1. The van der Waals surface area contributed by atoms with E-state index in [0.29, 0.717) is 34.5 Å². The van der Waals surface area contributed by atoms with Crippen LogP contribution in [0.2, 0.25) is 10.2 Å².